The highest BCUT2D eigenvalue weighted by molar-refractivity contribution is 5.71. The van der Waals surface area contributed by atoms with Gasteiger partial charge in [0.05, 0.1) is 0 Å². The number of unbranched alkanes of at least 4 members (excludes halogenated alkanes) is 23. The summed E-state index contributed by atoms with van der Waals surface area (Å²) in [5.41, 5.74) is 0. The Balaban J connectivity index is 4.48. The first-order valence-corrected chi connectivity index (χ1v) is 27.1. The first-order valence-electron chi connectivity index (χ1n) is 27.1. The lowest BCUT2D eigenvalue weighted by Gasteiger charge is -2.18. The van der Waals surface area contributed by atoms with Crippen LogP contribution in [0.2, 0.25) is 0 Å². The zero-order valence-corrected chi connectivity index (χ0v) is 42.5. The van der Waals surface area contributed by atoms with Gasteiger partial charge in [-0.3, -0.25) is 14.4 Å². The summed E-state index contributed by atoms with van der Waals surface area (Å²) in [4.78, 5) is 38.0. The van der Waals surface area contributed by atoms with Gasteiger partial charge < -0.3 is 14.2 Å². The van der Waals surface area contributed by atoms with Gasteiger partial charge in [-0.1, -0.05) is 221 Å². The van der Waals surface area contributed by atoms with Gasteiger partial charge in [0, 0.05) is 19.3 Å². The van der Waals surface area contributed by atoms with Crippen LogP contribution in [0.1, 0.15) is 252 Å². The average Bonchev–Trinajstić information content (AvgIpc) is 3.30. The number of hydrogen-bond donors (Lipinski definition) is 0. The maximum Gasteiger partial charge on any atom is 0.306 e. The Bertz CT molecular complexity index is 1270. The van der Waals surface area contributed by atoms with Crippen molar-refractivity contribution in [3.05, 3.63) is 85.1 Å². The Labute approximate surface area is 401 Å². The molecule has 0 radical (unpaired) electrons. The van der Waals surface area contributed by atoms with Crippen molar-refractivity contribution in [2.24, 2.45) is 0 Å². The number of rotatable bonds is 48. The van der Waals surface area contributed by atoms with Crippen LogP contribution < -0.4 is 0 Å². The molecule has 0 saturated carbocycles. The second-order valence-electron chi connectivity index (χ2n) is 17.8. The highest BCUT2D eigenvalue weighted by Gasteiger charge is 2.19. The third-order valence-corrected chi connectivity index (χ3v) is 11.4. The lowest BCUT2D eigenvalue weighted by molar-refractivity contribution is -0.167. The van der Waals surface area contributed by atoms with Crippen molar-refractivity contribution in [1.29, 1.82) is 0 Å². The van der Waals surface area contributed by atoms with Crippen molar-refractivity contribution < 1.29 is 28.6 Å². The molecule has 372 valence electrons. The fraction of sp³-hybridized carbons (Fsp3) is 0.712. The summed E-state index contributed by atoms with van der Waals surface area (Å²) in [5, 5.41) is 0. The molecule has 0 spiro atoms. The fourth-order valence-electron chi connectivity index (χ4n) is 7.32. The molecule has 0 fully saturated rings. The second kappa shape index (κ2) is 53.2. The Hall–Kier alpha value is -3.41. The van der Waals surface area contributed by atoms with Crippen LogP contribution in [0.4, 0.5) is 0 Å². The Kier molecular flexibility index (Phi) is 50.4. The average molecular weight is 905 g/mol. The van der Waals surface area contributed by atoms with Crippen LogP contribution in [0.3, 0.4) is 0 Å². The smallest absolute Gasteiger partial charge is 0.306 e. The molecule has 1 atom stereocenters. The summed E-state index contributed by atoms with van der Waals surface area (Å²) in [6.45, 7) is 6.45. The third kappa shape index (κ3) is 51.4. The first kappa shape index (κ1) is 61.6. The van der Waals surface area contributed by atoms with Gasteiger partial charge in [-0.25, -0.2) is 0 Å². The Morgan fingerprint density at radius 2 is 0.600 bits per heavy atom. The number of carbonyl (C=O) groups is 3. The van der Waals surface area contributed by atoms with Crippen molar-refractivity contribution in [3.63, 3.8) is 0 Å². The van der Waals surface area contributed by atoms with E-state index in [1.807, 2.05) is 0 Å². The first-order chi connectivity index (χ1) is 32.0. The van der Waals surface area contributed by atoms with E-state index in [0.717, 1.165) is 103 Å². The van der Waals surface area contributed by atoms with Gasteiger partial charge in [0.15, 0.2) is 6.10 Å². The minimum Gasteiger partial charge on any atom is -0.462 e. The van der Waals surface area contributed by atoms with Crippen LogP contribution in [0, 0.1) is 0 Å². The van der Waals surface area contributed by atoms with Crippen molar-refractivity contribution in [2.75, 3.05) is 13.2 Å². The van der Waals surface area contributed by atoms with Crippen LogP contribution in [0.5, 0.6) is 0 Å². The number of hydrogen-bond acceptors (Lipinski definition) is 6. The van der Waals surface area contributed by atoms with E-state index in [4.69, 9.17) is 14.2 Å². The molecule has 0 aromatic carbocycles. The highest BCUT2D eigenvalue weighted by atomic mass is 16.6. The molecular weight excluding hydrogens is 805 g/mol. The van der Waals surface area contributed by atoms with Gasteiger partial charge in [-0.05, 0) is 96.3 Å². The molecule has 0 aliphatic carbocycles. The lowest BCUT2D eigenvalue weighted by atomic mass is 10.0. The van der Waals surface area contributed by atoms with E-state index in [1.54, 1.807) is 0 Å². The summed E-state index contributed by atoms with van der Waals surface area (Å²) in [7, 11) is 0. The van der Waals surface area contributed by atoms with Gasteiger partial charge in [-0.15, -0.1) is 0 Å². The third-order valence-electron chi connectivity index (χ3n) is 11.4. The summed E-state index contributed by atoms with van der Waals surface area (Å²) < 4.78 is 16.8. The van der Waals surface area contributed by atoms with Gasteiger partial charge >= 0.3 is 17.9 Å². The number of allylic oxidation sites excluding steroid dienone is 14. The van der Waals surface area contributed by atoms with E-state index in [-0.39, 0.29) is 37.5 Å². The molecule has 0 aliphatic rings. The van der Waals surface area contributed by atoms with Crippen LogP contribution in [-0.2, 0) is 28.6 Å². The molecule has 0 saturated heterocycles. The molecule has 0 bridgehead atoms. The molecule has 0 rings (SSSR count). The van der Waals surface area contributed by atoms with E-state index in [0.29, 0.717) is 19.3 Å². The Morgan fingerprint density at radius 3 is 1.00 bits per heavy atom. The molecule has 0 N–H and O–H groups in total. The topological polar surface area (TPSA) is 78.9 Å². The molecule has 0 unspecified atom stereocenters. The molecule has 0 heterocycles. The quantitative estimate of drug-likeness (QED) is 0.0262. The molecule has 6 heteroatoms. The molecule has 0 aromatic rings. The van der Waals surface area contributed by atoms with Crippen LogP contribution in [0.25, 0.3) is 0 Å². The van der Waals surface area contributed by atoms with Crippen LogP contribution in [-0.4, -0.2) is 37.2 Å². The molecule has 0 aliphatic heterocycles. The molecule has 65 heavy (non-hydrogen) atoms. The zero-order chi connectivity index (χ0) is 47.2. The molecule has 0 aromatic heterocycles. The summed E-state index contributed by atoms with van der Waals surface area (Å²) in [6, 6.07) is 0. The van der Waals surface area contributed by atoms with Crippen LogP contribution in [0.15, 0.2) is 85.1 Å². The summed E-state index contributed by atoms with van der Waals surface area (Å²) >= 11 is 0. The predicted molar refractivity (Wildman–Crippen MR) is 279 cm³/mol. The largest absolute Gasteiger partial charge is 0.462 e. The van der Waals surface area contributed by atoms with Gasteiger partial charge in [0.2, 0.25) is 0 Å². The van der Waals surface area contributed by atoms with Crippen molar-refractivity contribution in [2.45, 2.75) is 258 Å². The van der Waals surface area contributed by atoms with Gasteiger partial charge in [-0.2, -0.15) is 0 Å². The molecule has 0 amide bonds. The summed E-state index contributed by atoms with van der Waals surface area (Å²) in [6.07, 6.45) is 68.5. The van der Waals surface area contributed by atoms with Crippen molar-refractivity contribution >= 4 is 17.9 Å². The molecule has 6 nitrogen and oxygen atoms in total. The van der Waals surface area contributed by atoms with E-state index < -0.39 is 6.10 Å². The fourth-order valence-corrected chi connectivity index (χ4v) is 7.32. The zero-order valence-electron chi connectivity index (χ0n) is 42.5. The monoisotopic (exact) mass is 905 g/mol. The number of carbonyl (C=O) groups excluding carboxylic acids is 3. The highest BCUT2D eigenvalue weighted by Crippen LogP contribution is 2.15. The number of esters is 3. The number of ether oxygens (including phenoxy) is 3. The maximum absolute atomic E-state index is 12.8. The maximum atomic E-state index is 12.8. The van der Waals surface area contributed by atoms with E-state index in [1.165, 1.54) is 103 Å². The summed E-state index contributed by atoms with van der Waals surface area (Å²) in [5.74, 6) is -0.960. The van der Waals surface area contributed by atoms with E-state index >= 15 is 0 Å². The standard InChI is InChI=1S/C59H100O6/c1-4-7-10-13-16-19-22-25-28-29-32-34-37-40-43-46-49-52-58(61)64-55-56(65-59(62)53-50-47-44-41-38-35-31-27-24-21-18-15-12-9-6-3)54-63-57(60)51-48-45-42-39-36-33-30-26-23-20-17-14-11-8-5-2/h9,12,16,18-19,21,25,27-28,31-32,34,38,41,56H,4-8,10-11,13-15,17,20,22-24,26,29-30,33,35-37,39-40,42-55H2,1-3H3/b12-9-,19-16-,21-18-,28-25-,31-27-,34-32-,41-38-/t56-/m1/s1. The Morgan fingerprint density at radius 1 is 0.323 bits per heavy atom. The predicted octanol–water partition coefficient (Wildman–Crippen LogP) is 18.0. The van der Waals surface area contributed by atoms with E-state index in [9.17, 15) is 14.4 Å². The SMILES string of the molecule is CC/C=C\C/C=C\C/C=C\C/C=C\CCCCC(=O)O[C@@H](COC(=O)CCCCCC/C=C\C/C=C\C/C=C\CCCCC)COC(=O)CCCCCCCCCCCCCCCCC. The minimum absolute atomic E-state index is 0.0992. The normalized spacial score (nSPS) is 12.7. The second-order valence-corrected chi connectivity index (χ2v) is 17.8. The van der Waals surface area contributed by atoms with E-state index in [2.05, 4.69) is 106 Å². The van der Waals surface area contributed by atoms with Crippen molar-refractivity contribution in [1.82, 2.24) is 0 Å². The van der Waals surface area contributed by atoms with Crippen molar-refractivity contribution in [3.8, 4) is 0 Å². The van der Waals surface area contributed by atoms with Crippen LogP contribution >= 0.6 is 0 Å². The van der Waals surface area contributed by atoms with Gasteiger partial charge in [0.1, 0.15) is 13.2 Å². The molecular formula is C59H100O6. The minimum atomic E-state index is -0.806. The van der Waals surface area contributed by atoms with Gasteiger partial charge in [0.25, 0.3) is 0 Å². The lowest BCUT2D eigenvalue weighted by Crippen LogP contribution is -2.30.